The summed E-state index contributed by atoms with van der Waals surface area (Å²) in [6.45, 7) is 3.08. The third-order valence-corrected chi connectivity index (χ3v) is 4.26. The molecule has 0 saturated carbocycles. The van der Waals surface area contributed by atoms with Gasteiger partial charge in [-0.15, -0.1) is 0 Å². The molecule has 0 radical (unpaired) electrons. The number of methoxy groups -OCH3 is 1. The Morgan fingerprint density at radius 2 is 1.81 bits per heavy atom. The van der Waals surface area contributed by atoms with Crippen LogP contribution in [0.3, 0.4) is 0 Å². The molecular weight excluding hydrogens is 310 g/mol. The van der Waals surface area contributed by atoms with E-state index in [1.54, 1.807) is 13.8 Å². The van der Waals surface area contributed by atoms with Gasteiger partial charge in [0.05, 0.1) is 20.3 Å². The Labute approximate surface area is 120 Å². The molecule has 0 amide bonds. The molecule has 1 atom stereocenters. The van der Waals surface area contributed by atoms with Gasteiger partial charge >= 0.3 is 32.8 Å². The molecule has 1 aliphatic heterocycles. The van der Waals surface area contributed by atoms with Crippen molar-refractivity contribution in [2.45, 2.75) is 19.7 Å². The molecule has 1 aliphatic rings. The molecule has 118 valence electrons. The lowest BCUT2D eigenvalue weighted by Crippen LogP contribution is -2.30. The lowest BCUT2D eigenvalue weighted by atomic mass is 10.2. The van der Waals surface area contributed by atoms with Crippen LogP contribution in [-0.2, 0) is 46.7 Å². The second kappa shape index (κ2) is 7.55. The third kappa shape index (κ3) is 4.27. The minimum atomic E-state index is -3.94. The smallest absolute Gasteiger partial charge is 0.471 e. The van der Waals surface area contributed by atoms with Crippen molar-refractivity contribution in [3.8, 4) is 0 Å². The van der Waals surface area contributed by atoms with Gasteiger partial charge in [-0.1, -0.05) is 0 Å². The zero-order valence-electron chi connectivity index (χ0n) is 11.6. The maximum Gasteiger partial charge on any atom is 0.793 e. The fourth-order valence-corrected chi connectivity index (χ4v) is 2.98. The molecule has 0 spiro atoms. The Kier molecular flexibility index (Phi) is 6.34. The number of carbonyl (C=O) groups is 3. The zero-order chi connectivity index (χ0) is 16.0. The number of ether oxygens (including phenoxy) is 1. The summed E-state index contributed by atoms with van der Waals surface area (Å²) >= 11 is 0. The molecule has 21 heavy (non-hydrogen) atoms. The molecular formula is C9H14BO10P. The van der Waals surface area contributed by atoms with Gasteiger partial charge in [-0.3, -0.25) is 9.36 Å². The molecule has 1 rings (SSSR count). The SMILES string of the molecule is CCOP(=O)(OCC)C1OB(OC(=O)C(=O)OC)OC1=O. The van der Waals surface area contributed by atoms with Crippen LogP contribution < -0.4 is 0 Å². The van der Waals surface area contributed by atoms with Crippen LogP contribution in [0, 0.1) is 0 Å². The number of hydrogen-bond acceptors (Lipinski definition) is 10. The van der Waals surface area contributed by atoms with Gasteiger partial charge < -0.3 is 27.7 Å². The Morgan fingerprint density at radius 1 is 1.24 bits per heavy atom. The van der Waals surface area contributed by atoms with Crippen molar-refractivity contribution in [2.75, 3.05) is 20.3 Å². The van der Waals surface area contributed by atoms with Gasteiger partial charge in [0.25, 0.3) is 0 Å². The third-order valence-electron chi connectivity index (χ3n) is 2.11. The zero-order valence-corrected chi connectivity index (χ0v) is 12.5. The topological polar surface area (TPSA) is 124 Å². The maximum atomic E-state index is 12.3. The van der Waals surface area contributed by atoms with E-state index in [2.05, 4.69) is 14.0 Å². The quantitative estimate of drug-likeness (QED) is 0.282. The first-order valence-corrected chi connectivity index (χ1v) is 7.52. The first-order chi connectivity index (χ1) is 9.87. The van der Waals surface area contributed by atoms with E-state index >= 15 is 0 Å². The predicted octanol–water partition coefficient (Wildman–Crippen LogP) is -0.147. The van der Waals surface area contributed by atoms with Crippen LogP contribution >= 0.6 is 7.60 Å². The summed E-state index contributed by atoms with van der Waals surface area (Å²) in [5.41, 5.74) is 0. The normalized spacial score (nSPS) is 18.3. The highest BCUT2D eigenvalue weighted by atomic mass is 31.2. The lowest BCUT2D eigenvalue weighted by Gasteiger charge is -2.19. The first-order valence-electron chi connectivity index (χ1n) is 5.91. The molecule has 0 bridgehead atoms. The van der Waals surface area contributed by atoms with Crippen molar-refractivity contribution in [1.82, 2.24) is 0 Å². The van der Waals surface area contributed by atoms with Gasteiger partial charge in [0.15, 0.2) is 0 Å². The summed E-state index contributed by atoms with van der Waals surface area (Å²) in [7, 11) is -4.80. The summed E-state index contributed by atoms with van der Waals surface area (Å²) in [6, 6.07) is 0. The molecule has 0 aromatic carbocycles. The molecule has 12 heteroatoms. The van der Waals surface area contributed by atoms with Crippen LogP contribution in [0.4, 0.5) is 0 Å². The molecule has 1 unspecified atom stereocenters. The lowest BCUT2D eigenvalue weighted by molar-refractivity contribution is -0.161. The average molecular weight is 324 g/mol. The van der Waals surface area contributed by atoms with E-state index in [4.69, 9.17) is 13.7 Å². The summed E-state index contributed by atoms with van der Waals surface area (Å²) < 4.78 is 40.1. The minimum Gasteiger partial charge on any atom is -0.471 e. The average Bonchev–Trinajstić information content (AvgIpc) is 2.79. The molecule has 10 nitrogen and oxygen atoms in total. The largest absolute Gasteiger partial charge is 0.793 e. The standard InChI is InChI=1S/C9H14BO10P/c1-4-16-21(14,17-5-2)9-8(13)19-10(20-9)18-7(12)6(11)15-3/h9H,4-5H2,1-3H3. The van der Waals surface area contributed by atoms with Crippen LogP contribution in [0.15, 0.2) is 0 Å². The number of esters is 1. The van der Waals surface area contributed by atoms with Gasteiger partial charge in [-0.05, 0) is 13.8 Å². The second-order valence-electron chi connectivity index (χ2n) is 3.49. The highest BCUT2D eigenvalue weighted by Crippen LogP contribution is 2.55. The predicted molar refractivity (Wildman–Crippen MR) is 65.7 cm³/mol. The summed E-state index contributed by atoms with van der Waals surface area (Å²) in [6.07, 6.45) is 0. The molecule has 1 heterocycles. The Bertz CT molecular complexity index is 455. The van der Waals surface area contributed by atoms with E-state index in [9.17, 15) is 18.9 Å². The van der Waals surface area contributed by atoms with Gasteiger partial charge in [-0.2, -0.15) is 0 Å². The van der Waals surface area contributed by atoms with E-state index in [-0.39, 0.29) is 13.2 Å². The minimum absolute atomic E-state index is 0.00294. The Balaban J connectivity index is 2.75. The van der Waals surface area contributed by atoms with E-state index in [0.717, 1.165) is 7.11 Å². The second-order valence-corrected chi connectivity index (χ2v) is 5.55. The molecule has 1 saturated heterocycles. The Morgan fingerprint density at radius 3 is 2.29 bits per heavy atom. The number of hydrogen-bond donors (Lipinski definition) is 0. The molecule has 0 aromatic heterocycles. The Hall–Kier alpha value is -1.42. The van der Waals surface area contributed by atoms with Gasteiger partial charge in [0, 0.05) is 0 Å². The number of rotatable bonds is 6. The highest BCUT2D eigenvalue weighted by Gasteiger charge is 2.56. The van der Waals surface area contributed by atoms with Crippen LogP contribution in [-0.4, -0.2) is 51.4 Å². The summed E-state index contributed by atoms with van der Waals surface area (Å²) in [4.78, 5) is 33.6. The summed E-state index contributed by atoms with van der Waals surface area (Å²) in [5.74, 6) is -5.54. The van der Waals surface area contributed by atoms with E-state index in [1.165, 1.54) is 0 Å². The fourth-order valence-electron chi connectivity index (χ4n) is 1.35. The van der Waals surface area contributed by atoms with Gasteiger partial charge in [0.2, 0.25) is 5.85 Å². The first kappa shape index (κ1) is 17.6. The van der Waals surface area contributed by atoms with Crippen LogP contribution in [0.1, 0.15) is 13.8 Å². The monoisotopic (exact) mass is 324 g/mol. The fraction of sp³-hybridized carbons (Fsp3) is 0.667. The van der Waals surface area contributed by atoms with Crippen molar-refractivity contribution in [2.24, 2.45) is 0 Å². The van der Waals surface area contributed by atoms with Gasteiger partial charge in [0.1, 0.15) is 0 Å². The van der Waals surface area contributed by atoms with E-state index < -0.39 is 38.7 Å². The number of carbonyl (C=O) groups excluding carboxylic acids is 3. The van der Waals surface area contributed by atoms with Crippen LogP contribution in [0.2, 0.25) is 0 Å². The molecule has 0 aromatic rings. The summed E-state index contributed by atoms with van der Waals surface area (Å²) in [5, 5.41) is 0. The van der Waals surface area contributed by atoms with Crippen molar-refractivity contribution < 1.29 is 46.7 Å². The van der Waals surface area contributed by atoms with Crippen molar-refractivity contribution >= 4 is 32.8 Å². The van der Waals surface area contributed by atoms with Crippen LogP contribution in [0.25, 0.3) is 0 Å². The van der Waals surface area contributed by atoms with E-state index in [0.29, 0.717) is 0 Å². The van der Waals surface area contributed by atoms with Crippen molar-refractivity contribution in [3.63, 3.8) is 0 Å². The van der Waals surface area contributed by atoms with Crippen LogP contribution in [0.5, 0.6) is 0 Å². The molecule has 1 fully saturated rings. The van der Waals surface area contributed by atoms with Crippen molar-refractivity contribution in [1.29, 1.82) is 0 Å². The van der Waals surface area contributed by atoms with E-state index in [1.807, 2.05) is 0 Å². The maximum absolute atomic E-state index is 12.3. The van der Waals surface area contributed by atoms with Crippen molar-refractivity contribution in [3.05, 3.63) is 0 Å². The van der Waals surface area contributed by atoms with Gasteiger partial charge in [-0.25, -0.2) is 9.59 Å². The molecule has 0 aliphatic carbocycles. The molecule has 0 N–H and O–H groups in total. The highest BCUT2D eigenvalue weighted by molar-refractivity contribution is 7.55.